The van der Waals surface area contributed by atoms with Crippen LogP contribution >= 0.6 is 0 Å². The van der Waals surface area contributed by atoms with Gasteiger partial charge in [0.15, 0.2) is 5.96 Å². The number of hydrogen-bond acceptors (Lipinski definition) is 5. The Labute approximate surface area is 185 Å². The van der Waals surface area contributed by atoms with Crippen molar-refractivity contribution < 1.29 is 14.2 Å². The second-order valence-electron chi connectivity index (χ2n) is 7.54. The van der Waals surface area contributed by atoms with Crippen molar-refractivity contribution in [2.75, 3.05) is 53.6 Å². The number of aliphatic imine (C=N–C) groups is 1. The maximum atomic E-state index is 5.95. The number of aryl methyl sites for hydroxylation is 1. The SMILES string of the molecule is CN=C(NCc1cccc(OCCN2CCOCC2)c1)NCc1ccc(C)cc1OC. The lowest BCUT2D eigenvalue weighted by Gasteiger charge is -2.26. The fourth-order valence-corrected chi connectivity index (χ4v) is 3.45. The third kappa shape index (κ3) is 7.45. The van der Waals surface area contributed by atoms with Gasteiger partial charge in [-0.25, -0.2) is 0 Å². The van der Waals surface area contributed by atoms with E-state index in [-0.39, 0.29) is 0 Å². The number of nitrogens with one attached hydrogen (secondary N) is 2. The second kappa shape index (κ2) is 12.2. The maximum Gasteiger partial charge on any atom is 0.191 e. The summed E-state index contributed by atoms with van der Waals surface area (Å²) < 4.78 is 16.8. The first-order valence-corrected chi connectivity index (χ1v) is 10.8. The Balaban J connectivity index is 1.45. The molecule has 3 rings (SSSR count). The van der Waals surface area contributed by atoms with Crippen LogP contribution in [-0.2, 0) is 17.8 Å². The molecule has 1 fully saturated rings. The zero-order valence-corrected chi connectivity index (χ0v) is 18.8. The standard InChI is InChI=1S/C24H34N4O3/c1-19-7-8-21(23(15-19)29-3)18-27-24(25-2)26-17-20-5-4-6-22(16-20)31-14-11-28-9-12-30-13-10-28/h4-8,15-16H,9-14,17-18H2,1-3H3,(H2,25,26,27). The molecule has 7 nitrogen and oxygen atoms in total. The third-order valence-electron chi connectivity index (χ3n) is 5.25. The molecular weight excluding hydrogens is 392 g/mol. The van der Waals surface area contributed by atoms with Crippen molar-refractivity contribution in [3.63, 3.8) is 0 Å². The van der Waals surface area contributed by atoms with Crippen molar-refractivity contribution >= 4 is 5.96 Å². The zero-order valence-electron chi connectivity index (χ0n) is 18.8. The molecule has 7 heteroatoms. The minimum Gasteiger partial charge on any atom is -0.496 e. The summed E-state index contributed by atoms with van der Waals surface area (Å²) in [4.78, 5) is 6.69. The second-order valence-corrected chi connectivity index (χ2v) is 7.54. The van der Waals surface area contributed by atoms with Gasteiger partial charge in [-0.05, 0) is 36.2 Å². The van der Waals surface area contributed by atoms with E-state index in [0.717, 1.165) is 61.4 Å². The Kier molecular flexibility index (Phi) is 8.99. The van der Waals surface area contributed by atoms with Gasteiger partial charge in [0, 0.05) is 45.3 Å². The molecule has 1 aliphatic heterocycles. The number of guanidine groups is 1. The molecule has 2 aromatic carbocycles. The lowest BCUT2D eigenvalue weighted by molar-refractivity contribution is 0.0322. The van der Waals surface area contributed by atoms with E-state index >= 15 is 0 Å². The molecule has 1 saturated heterocycles. The van der Waals surface area contributed by atoms with Crippen molar-refractivity contribution in [1.29, 1.82) is 0 Å². The largest absolute Gasteiger partial charge is 0.496 e. The number of nitrogens with zero attached hydrogens (tertiary/aromatic N) is 2. The molecule has 0 amide bonds. The van der Waals surface area contributed by atoms with Gasteiger partial charge < -0.3 is 24.8 Å². The van der Waals surface area contributed by atoms with Crippen molar-refractivity contribution in [3.8, 4) is 11.5 Å². The molecule has 0 atom stereocenters. The number of benzene rings is 2. The van der Waals surface area contributed by atoms with Gasteiger partial charge in [-0.3, -0.25) is 9.89 Å². The van der Waals surface area contributed by atoms with Crippen molar-refractivity contribution in [3.05, 3.63) is 59.2 Å². The molecule has 0 radical (unpaired) electrons. The molecule has 168 valence electrons. The van der Waals surface area contributed by atoms with E-state index in [1.54, 1.807) is 14.2 Å². The molecule has 1 aliphatic rings. The molecule has 31 heavy (non-hydrogen) atoms. The van der Waals surface area contributed by atoms with Crippen LogP contribution < -0.4 is 20.1 Å². The number of methoxy groups -OCH3 is 1. The topological polar surface area (TPSA) is 67.4 Å². The lowest BCUT2D eigenvalue weighted by atomic mass is 10.1. The Bertz CT molecular complexity index is 850. The van der Waals surface area contributed by atoms with Gasteiger partial charge in [0.05, 0.1) is 20.3 Å². The minimum atomic E-state index is 0.633. The minimum absolute atomic E-state index is 0.633. The van der Waals surface area contributed by atoms with Crippen LogP contribution in [-0.4, -0.2) is 64.5 Å². The molecule has 0 unspecified atom stereocenters. The molecule has 2 N–H and O–H groups in total. The highest BCUT2D eigenvalue weighted by Gasteiger charge is 2.10. The first-order chi connectivity index (χ1) is 15.2. The summed E-state index contributed by atoms with van der Waals surface area (Å²) in [5, 5.41) is 6.71. The average Bonchev–Trinajstić information content (AvgIpc) is 2.81. The van der Waals surface area contributed by atoms with Crippen molar-refractivity contribution in [2.24, 2.45) is 4.99 Å². The maximum absolute atomic E-state index is 5.95. The Morgan fingerprint density at radius 2 is 1.90 bits per heavy atom. The number of ether oxygens (including phenoxy) is 3. The molecule has 0 aliphatic carbocycles. The predicted octanol–water partition coefficient (Wildman–Crippen LogP) is 2.58. The van der Waals surface area contributed by atoms with Gasteiger partial charge in [-0.2, -0.15) is 0 Å². The smallest absolute Gasteiger partial charge is 0.191 e. The Hall–Kier alpha value is -2.77. The van der Waals surface area contributed by atoms with Crippen LogP contribution in [0, 0.1) is 6.92 Å². The van der Waals surface area contributed by atoms with Crippen LogP contribution in [0.1, 0.15) is 16.7 Å². The van der Waals surface area contributed by atoms with Crippen molar-refractivity contribution in [1.82, 2.24) is 15.5 Å². The van der Waals surface area contributed by atoms with E-state index in [2.05, 4.69) is 51.7 Å². The molecule has 0 saturated carbocycles. The number of hydrogen-bond donors (Lipinski definition) is 2. The van der Waals surface area contributed by atoms with Crippen LogP contribution in [0.3, 0.4) is 0 Å². The van der Waals surface area contributed by atoms with Crippen LogP contribution in [0.4, 0.5) is 0 Å². The molecule has 0 spiro atoms. The van der Waals surface area contributed by atoms with Crippen LogP contribution in [0.2, 0.25) is 0 Å². The van der Waals surface area contributed by atoms with Crippen LogP contribution in [0.25, 0.3) is 0 Å². The number of morpholine rings is 1. The summed E-state index contributed by atoms with van der Waals surface area (Å²) in [5.41, 5.74) is 3.40. The van der Waals surface area contributed by atoms with E-state index in [0.29, 0.717) is 19.7 Å². The van der Waals surface area contributed by atoms with E-state index in [1.807, 2.05) is 18.2 Å². The summed E-state index contributed by atoms with van der Waals surface area (Å²) in [6.45, 7) is 8.53. The van der Waals surface area contributed by atoms with E-state index in [9.17, 15) is 0 Å². The average molecular weight is 427 g/mol. The molecular formula is C24H34N4O3. The first-order valence-electron chi connectivity index (χ1n) is 10.8. The molecule has 2 aromatic rings. The monoisotopic (exact) mass is 426 g/mol. The van der Waals surface area contributed by atoms with E-state index in [4.69, 9.17) is 14.2 Å². The fraction of sp³-hybridized carbons (Fsp3) is 0.458. The highest BCUT2D eigenvalue weighted by atomic mass is 16.5. The van der Waals surface area contributed by atoms with Gasteiger partial charge in [-0.15, -0.1) is 0 Å². The van der Waals surface area contributed by atoms with E-state index in [1.165, 1.54) is 5.56 Å². The molecule has 0 aromatic heterocycles. The fourth-order valence-electron chi connectivity index (χ4n) is 3.45. The van der Waals surface area contributed by atoms with Gasteiger partial charge in [0.2, 0.25) is 0 Å². The highest BCUT2D eigenvalue weighted by molar-refractivity contribution is 5.79. The normalized spacial score (nSPS) is 14.9. The summed E-state index contributed by atoms with van der Waals surface area (Å²) in [6.07, 6.45) is 0. The summed E-state index contributed by atoms with van der Waals surface area (Å²) in [6, 6.07) is 14.4. The predicted molar refractivity (Wildman–Crippen MR) is 124 cm³/mol. The van der Waals surface area contributed by atoms with Crippen molar-refractivity contribution in [2.45, 2.75) is 20.0 Å². The summed E-state index contributed by atoms with van der Waals surface area (Å²) in [5.74, 6) is 2.51. The molecule has 1 heterocycles. The quantitative estimate of drug-likeness (QED) is 0.475. The zero-order chi connectivity index (χ0) is 21.9. The first kappa shape index (κ1) is 22.9. The lowest BCUT2D eigenvalue weighted by Crippen LogP contribution is -2.38. The van der Waals surface area contributed by atoms with E-state index < -0.39 is 0 Å². The molecule has 0 bridgehead atoms. The summed E-state index contributed by atoms with van der Waals surface area (Å²) in [7, 11) is 3.47. The Morgan fingerprint density at radius 3 is 2.68 bits per heavy atom. The van der Waals surface area contributed by atoms with Gasteiger partial charge >= 0.3 is 0 Å². The van der Waals surface area contributed by atoms with Crippen LogP contribution in [0.15, 0.2) is 47.5 Å². The summed E-state index contributed by atoms with van der Waals surface area (Å²) >= 11 is 0. The van der Waals surface area contributed by atoms with Gasteiger partial charge in [0.1, 0.15) is 18.1 Å². The third-order valence-corrected chi connectivity index (χ3v) is 5.25. The number of rotatable bonds is 9. The Morgan fingerprint density at radius 1 is 1.10 bits per heavy atom. The van der Waals surface area contributed by atoms with Crippen LogP contribution in [0.5, 0.6) is 11.5 Å². The highest BCUT2D eigenvalue weighted by Crippen LogP contribution is 2.19. The van der Waals surface area contributed by atoms with Gasteiger partial charge in [-0.1, -0.05) is 24.3 Å². The van der Waals surface area contributed by atoms with Gasteiger partial charge in [0.25, 0.3) is 0 Å².